The SMILES string of the molecule is CN1CCN(C(=O)c2cc3nc(-c4cccc5[nH]ncc45)nc(N4CCOCC4)c3s2)CC1. The van der Waals surface area contributed by atoms with Crippen molar-refractivity contribution in [1.29, 1.82) is 0 Å². The molecule has 0 aliphatic carbocycles. The summed E-state index contributed by atoms with van der Waals surface area (Å²) in [6.45, 7) is 6.15. The second kappa shape index (κ2) is 8.36. The van der Waals surface area contributed by atoms with Crippen LogP contribution in [0.3, 0.4) is 0 Å². The largest absolute Gasteiger partial charge is 0.378 e. The first kappa shape index (κ1) is 20.5. The topological polar surface area (TPSA) is 90.5 Å². The molecule has 0 bridgehead atoms. The summed E-state index contributed by atoms with van der Waals surface area (Å²) in [5.41, 5.74) is 2.68. The van der Waals surface area contributed by atoms with Gasteiger partial charge in [-0.15, -0.1) is 11.3 Å². The fourth-order valence-electron chi connectivity index (χ4n) is 4.46. The van der Waals surface area contributed by atoms with Crippen LogP contribution in [0.1, 0.15) is 9.67 Å². The summed E-state index contributed by atoms with van der Waals surface area (Å²) >= 11 is 1.50. The molecule has 2 aliphatic heterocycles. The van der Waals surface area contributed by atoms with Crippen molar-refractivity contribution in [1.82, 2.24) is 30.0 Å². The number of carbonyl (C=O) groups is 1. The Hall–Kier alpha value is -3.08. The third-order valence-electron chi connectivity index (χ3n) is 6.39. The monoisotopic (exact) mass is 463 g/mol. The summed E-state index contributed by atoms with van der Waals surface area (Å²) in [6.07, 6.45) is 1.81. The fourth-order valence-corrected chi connectivity index (χ4v) is 5.54. The number of ether oxygens (including phenoxy) is 1. The molecule has 1 amide bonds. The number of H-pyrrole nitrogens is 1. The zero-order valence-corrected chi connectivity index (χ0v) is 19.3. The minimum atomic E-state index is 0.0810. The number of carbonyl (C=O) groups excluding carboxylic acids is 1. The summed E-state index contributed by atoms with van der Waals surface area (Å²) in [5.74, 6) is 1.60. The van der Waals surface area contributed by atoms with Crippen LogP contribution < -0.4 is 4.90 Å². The van der Waals surface area contributed by atoms with Crippen molar-refractivity contribution in [2.45, 2.75) is 0 Å². The van der Waals surface area contributed by atoms with Crippen LogP contribution in [0.5, 0.6) is 0 Å². The van der Waals surface area contributed by atoms with E-state index in [1.54, 1.807) is 0 Å². The van der Waals surface area contributed by atoms with E-state index in [-0.39, 0.29) is 5.91 Å². The molecule has 4 aromatic rings. The minimum absolute atomic E-state index is 0.0810. The lowest BCUT2D eigenvalue weighted by Crippen LogP contribution is -2.46. The molecule has 33 heavy (non-hydrogen) atoms. The maximum Gasteiger partial charge on any atom is 0.264 e. The van der Waals surface area contributed by atoms with E-state index in [1.807, 2.05) is 35.4 Å². The van der Waals surface area contributed by atoms with Gasteiger partial charge in [-0.2, -0.15) is 5.10 Å². The van der Waals surface area contributed by atoms with Gasteiger partial charge in [-0.05, 0) is 19.2 Å². The summed E-state index contributed by atoms with van der Waals surface area (Å²) in [7, 11) is 2.09. The number of aromatic nitrogens is 4. The average molecular weight is 464 g/mol. The highest BCUT2D eigenvalue weighted by molar-refractivity contribution is 7.21. The third kappa shape index (κ3) is 3.73. The fraction of sp³-hybridized carbons (Fsp3) is 0.391. The summed E-state index contributed by atoms with van der Waals surface area (Å²) in [6, 6.07) is 7.93. The van der Waals surface area contributed by atoms with Crippen LogP contribution in [-0.2, 0) is 4.74 Å². The number of likely N-dealkylation sites (N-methyl/N-ethyl adjacent to an activating group) is 1. The van der Waals surface area contributed by atoms with Crippen molar-refractivity contribution in [2.75, 3.05) is 64.4 Å². The molecular weight excluding hydrogens is 438 g/mol. The van der Waals surface area contributed by atoms with Gasteiger partial charge in [0, 0.05) is 50.2 Å². The summed E-state index contributed by atoms with van der Waals surface area (Å²) < 4.78 is 6.52. The van der Waals surface area contributed by atoms with E-state index < -0.39 is 0 Å². The second-order valence-electron chi connectivity index (χ2n) is 8.53. The molecule has 9 nitrogen and oxygen atoms in total. The molecule has 170 valence electrons. The molecule has 10 heteroatoms. The number of nitrogens with one attached hydrogen (secondary N) is 1. The molecule has 2 fully saturated rings. The maximum absolute atomic E-state index is 13.3. The van der Waals surface area contributed by atoms with E-state index in [2.05, 4.69) is 27.0 Å². The minimum Gasteiger partial charge on any atom is -0.378 e. The third-order valence-corrected chi connectivity index (χ3v) is 7.50. The second-order valence-corrected chi connectivity index (χ2v) is 9.58. The molecule has 1 N–H and O–H groups in total. The molecule has 2 saturated heterocycles. The van der Waals surface area contributed by atoms with Crippen LogP contribution in [-0.4, -0.2) is 95.4 Å². The number of aromatic amines is 1. The Morgan fingerprint density at radius 2 is 1.91 bits per heavy atom. The van der Waals surface area contributed by atoms with E-state index in [0.717, 1.165) is 76.6 Å². The van der Waals surface area contributed by atoms with Gasteiger partial charge in [0.15, 0.2) is 11.6 Å². The van der Waals surface area contributed by atoms with Crippen LogP contribution in [0.4, 0.5) is 5.82 Å². The average Bonchev–Trinajstić information content (AvgIpc) is 3.51. The molecule has 0 radical (unpaired) electrons. The Bertz CT molecular complexity index is 1320. The van der Waals surface area contributed by atoms with E-state index in [0.29, 0.717) is 19.0 Å². The van der Waals surface area contributed by atoms with Crippen molar-refractivity contribution in [3.8, 4) is 11.4 Å². The zero-order chi connectivity index (χ0) is 22.4. The molecule has 2 aliphatic rings. The van der Waals surface area contributed by atoms with Gasteiger partial charge in [0.2, 0.25) is 0 Å². The molecule has 6 rings (SSSR count). The number of benzene rings is 1. The Balaban J connectivity index is 1.46. The first-order chi connectivity index (χ1) is 16.2. The summed E-state index contributed by atoms with van der Waals surface area (Å²) in [5, 5.41) is 8.19. The van der Waals surface area contributed by atoms with Gasteiger partial charge in [-0.1, -0.05) is 12.1 Å². The lowest BCUT2D eigenvalue weighted by atomic mass is 10.1. The van der Waals surface area contributed by atoms with E-state index in [4.69, 9.17) is 14.7 Å². The van der Waals surface area contributed by atoms with Crippen molar-refractivity contribution >= 4 is 44.2 Å². The van der Waals surface area contributed by atoms with E-state index in [1.165, 1.54) is 11.3 Å². The number of hydrogen-bond donors (Lipinski definition) is 1. The molecule has 0 saturated carbocycles. The Kier molecular flexibility index (Phi) is 5.20. The first-order valence-corrected chi connectivity index (χ1v) is 12.0. The number of morpholine rings is 1. The highest BCUT2D eigenvalue weighted by atomic mass is 32.1. The van der Waals surface area contributed by atoms with Crippen molar-refractivity contribution in [2.24, 2.45) is 0 Å². The molecule has 1 aromatic carbocycles. The first-order valence-electron chi connectivity index (χ1n) is 11.2. The zero-order valence-electron chi connectivity index (χ0n) is 18.5. The Morgan fingerprint density at radius 3 is 2.73 bits per heavy atom. The van der Waals surface area contributed by atoms with Crippen molar-refractivity contribution in [3.05, 3.63) is 35.3 Å². The lowest BCUT2D eigenvalue weighted by Gasteiger charge is -2.32. The Morgan fingerprint density at radius 1 is 1.09 bits per heavy atom. The predicted octanol–water partition coefficient (Wildman–Crippen LogP) is 2.46. The van der Waals surface area contributed by atoms with Crippen LogP contribution in [0, 0.1) is 0 Å². The number of piperazine rings is 1. The van der Waals surface area contributed by atoms with Gasteiger partial charge >= 0.3 is 0 Å². The van der Waals surface area contributed by atoms with Crippen LogP contribution in [0.15, 0.2) is 30.5 Å². The number of amides is 1. The van der Waals surface area contributed by atoms with E-state index in [9.17, 15) is 4.79 Å². The van der Waals surface area contributed by atoms with Crippen LogP contribution >= 0.6 is 11.3 Å². The highest BCUT2D eigenvalue weighted by Gasteiger charge is 2.25. The van der Waals surface area contributed by atoms with Gasteiger partial charge in [-0.25, -0.2) is 9.97 Å². The van der Waals surface area contributed by atoms with Crippen LogP contribution in [0.2, 0.25) is 0 Å². The van der Waals surface area contributed by atoms with Gasteiger partial charge in [-0.3, -0.25) is 9.89 Å². The number of nitrogens with zero attached hydrogens (tertiary/aromatic N) is 6. The smallest absolute Gasteiger partial charge is 0.264 e. The molecule has 5 heterocycles. The van der Waals surface area contributed by atoms with Crippen molar-refractivity contribution < 1.29 is 9.53 Å². The number of rotatable bonds is 3. The van der Waals surface area contributed by atoms with E-state index >= 15 is 0 Å². The van der Waals surface area contributed by atoms with Gasteiger partial charge in [0.1, 0.15) is 0 Å². The number of anilines is 1. The summed E-state index contributed by atoms with van der Waals surface area (Å²) in [4.78, 5) is 30.4. The van der Waals surface area contributed by atoms with Crippen molar-refractivity contribution in [3.63, 3.8) is 0 Å². The van der Waals surface area contributed by atoms with Gasteiger partial charge in [0.05, 0.1) is 40.0 Å². The number of hydrogen-bond acceptors (Lipinski definition) is 8. The number of thiophene rings is 1. The maximum atomic E-state index is 13.3. The van der Waals surface area contributed by atoms with Gasteiger partial charge < -0.3 is 19.4 Å². The lowest BCUT2D eigenvalue weighted by molar-refractivity contribution is 0.0669. The highest BCUT2D eigenvalue weighted by Crippen LogP contribution is 2.36. The number of fused-ring (bicyclic) bond motifs is 2. The molecule has 0 spiro atoms. The quantitative estimate of drug-likeness (QED) is 0.499. The molecule has 0 atom stereocenters. The molecule has 0 unspecified atom stereocenters. The van der Waals surface area contributed by atoms with Gasteiger partial charge in [0.25, 0.3) is 5.91 Å². The molecular formula is C23H25N7O2S. The Labute approximate surface area is 195 Å². The predicted molar refractivity (Wildman–Crippen MR) is 129 cm³/mol. The standard InChI is InChI=1S/C23H25N7O2S/c1-28-5-7-30(8-6-28)23(31)19-13-18-20(33-19)22(29-9-11-32-12-10-29)26-21(25-18)15-3-2-4-17-16(15)14-24-27-17/h2-4,13-14H,5-12H2,1H3,(H,24,27). The molecule has 3 aromatic heterocycles. The normalized spacial score (nSPS) is 17.8. The van der Waals surface area contributed by atoms with Crippen LogP contribution in [0.25, 0.3) is 32.5 Å².